The molecule has 1 fully saturated rings. The van der Waals surface area contributed by atoms with Crippen molar-refractivity contribution in [1.29, 1.82) is 0 Å². The zero-order chi connectivity index (χ0) is 56.0. The maximum Gasteiger partial charge on any atom is 0.290 e. The van der Waals surface area contributed by atoms with Crippen molar-refractivity contribution in [3.63, 3.8) is 0 Å². The van der Waals surface area contributed by atoms with Gasteiger partial charge in [-0.3, -0.25) is 43.2 Å². The average Bonchev–Trinajstić information content (AvgIpc) is 4.15. The SMILES string of the molecule is CCC[C@H](NC(=O)[C@@H](NC(=O)[C@@H](O)[C@@H](C)CC)[C@@H](C)CC)C(=O)N[C@H]1CCCNC(=O)[C@H](Cc2c(Br)[nH]c3ccc(O)cc23)NC(=O)/C=C\c2coc(n2)[C@H](C)NC(=O)C(=O)[C@H](CC(C)C)NC(=O)[C@@H]2CCCN2C1=O. The Kier molecular flexibility index (Phi) is 22.2. The quantitative estimate of drug-likeness (QED) is 0.0923. The number of carbonyl (C=O) groups excluding carboxylic acids is 9. The van der Waals surface area contributed by atoms with E-state index in [0.717, 1.165) is 6.08 Å². The topological polar surface area (TPSA) is 323 Å². The van der Waals surface area contributed by atoms with E-state index < -0.39 is 107 Å². The summed E-state index contributed by atoms with van der Waals surface area (Å²) >= 11 is 3.51. The molecule has 0 unspecified atom stereocenters. The number of ketones is 1. The lowest BCUT2D eigenvalue weighted by molar-refractivity contribution is -0.144. The first-order valence-corrected chi connectivity index (χ1v) is 27.1. The van der Waals surface area contributed by atoms with Crippen LogP contribution in [0.5, 0.6) is 5.75 Å². The lowest BCUT2D eigenvalue weighted by Gasteiger charge is -2.31. The van der Waals surface area contributed by atoms with Gasteiger partial charge in [-0.25, -0.2) is 4.98 Å². The van der Waals surface area contributed by atoms with Crippen molar-refractivity contribution in [2.75, 3.05) is 13.1 Å². The molecule has 2 aliphatic rings. The van der Waals surface area contributed by atoms with Gasteiger partial charge < -0.3 is 61.7 Å². The molecular weight excluding hydrogens is 1050 g/mol. The van der Waals surface area contributed by atoms with Gasteiger partial charge >= 0.3 is 0 Å². The zero-order valence-corrected chi connectivity index (χ0v) is 46.1. The summed E-state index contributed by atoms with van der Waals surface area (Å²) < 4.78 is 6.08. The van der Waals surface area contributed by atoms with Crippen molar-refractivity contribution < 1.29 is 57.8 Å². The van der Waals surface area contributed by atoms with Gasteiger partial charge in [0.25, 0.3) is 5.91 Å². The highest BCUT2D eigenvalue weighted by molar-refractivity contribution is 9.10. The molecule has 10 N–H and O–H groups in total. The van der Waals surface area contributed by atoms with E-state index in [1.165, 1.54) is 36.3 Å². The molecule has 1 saturated heterocycles. The fourth-order valence-electron chi connectivity index (χ4n) is 9.15. The number of nitrogens with one attached hydrogen (secondary N) is 8. The third-order valence-electron chi connectivity index (χ3n) is 14.0. The number of aliphatic hydroxyl groups is 1. The maximum absolute atomic E-state index is 14.8. The summed E-state index contributed by atoms with van der Waals surface area (Å²) in [4.78, 5) is 134. The lowest BCUT2D eigenvalue weighted by Crippen LogP contribution is -2.60. The van der Waals surface area contributed by atoms with Gasteiger partial charge in [0, 0.05) is 36.5 Å². The Labute approximate surface area is 451 Å². The van der Waals surface area contributed by atoms with Crippen LogP contribution in [0.4, 0.5) is 0 Å². The fourth-order valence-corrected chi connectivity index (χ4v) is 9.74. The number of phenolic OH excluding ortho intramolecular Hbond substituents is 1. The molecule has 416 valence electrons. The zero-order valence-electron chi connectivity index (χ0n) is 44.5. The molecule has 2 aliphatic heterocycles. The van der Waals surface area contributed by atoms with Crippen LogP contribution in [0, 0.1) is 17.8 Å². The molecule has 0 aliphatic carbocycles. The van der Waals surface area contributed by atoms with E-state index in [1.54, 1.807) is 26.8 Å². The number of aromatic hydroxyl groups is 1. The Balaban J connectivity index is 1.48. The van der Waals surface area contributed by atoms with Crippen LogP contribution in [-0.4, -0.2) is 134 Å². The van der Waals surface area contributed by atoms with Crippen LogP contribution >= 0.6 is 15.9 Å². The summed E-state index contributed by atoms with van der Waals surface area (Å²) in [6, 6.07) is -3.47. The summed E-state index contributed by atoms with van der Waals surface area (Å²) in [5.74, 6) is -7.67. The standard InChI is InChI=1S/C53H75BrN10O12/c1-9-14-36(60-49(72)42(28(6)10-2)63-50(73)43(67)29(7)11-3)47(70)61-37-15-12-21-55-46(69)39(25-34-33-24-32(65)18-19-35(33)59-45(34)54)58-41(66)20-17-31-26-76-52(57-31)30(8)56-51(74)44(68)38(23-27(4)5)62-48(71)40-16-13-22-64(40)53(37)75/h17-20,24,26-30,36-40,42-43,59,65,67H,9-16,21-23,25H2,1-8H3,(H,55,69)(H,56,74)(H,58,66)(H,60,72)(H,61,70)(H,62,71)(H,63,73)/b20-17-/t28-,29-,30-,36-,37-,38-,39-,40-,42-,43-/m0/s1. The van der Waals surface area contributed by atoms with Gasteiger partial charge in [0.1, 0.15) is 60.1 Å². The van der Waals surface area contributed by atoms with Crippen molar-refractivity contribution in [3.8, 4) is 5.75 Å². The fraction of sp³-hybridized carbons (Fsp3) is 0.585. The third-order valence-corrected chi connectivity index (χ3v) is 14.7. The van der Waals surface area contributed by atoms with Gasteiger partial charge in [-0.15, -0.1) is 0 Å². The summed E-state index contributed by atoms with van der Waals surface area (Å²) in [6.07, 6.45) is 4.48. The van der Waals surface area contributed by atoms with E-state index >= 15 is 0 Å². The first-order chi connectivity index (χ1) is 36.1. The van der Waals surface area contributed by atoms with Crippen LogP contribution < -0.4 is 37.2 Å². The number of oxazole rings is 1. The number of fused-ring (bicyclic) bond motifs is 4. The molecule has 1 aromatic carbocycles. The van der Waals surface area contributed by atoms with Crippen molar-refractivity contribution in [3.05, 3.63) is 52.3 Å². The highest BCUT2D eigenvalue weighted by Crippen LogP contribution is 2.31. The Bertz CT molecular complexity index is 2610. The normalized spacial score (nSPS) is 22.9. The highest BCUT2D eigenvalue weighted by atomic mass is 79.9. The molecule has 4 heterocycles. The number of phenols is 1. The minimum absolute atomic E-state index is 0.00646. The van der Waals surface area contributed by atoms with Gasteiger partial charge in [0.15, 0.2) is 0 Å². The number of aliphatic hydroxyl groups excluding tert-OH is 1. The number of nitrogens with zero attached hydrogens (tertiary/aromatic N) is 2. The number of hydrogen-bond acceptors (Lipinski definition) is 13. The lowest BCUT2D eigenvalue weighted by atomic mass is 9.95. The number of benzene rings is 1. The van der Waals surface area contributed by atoms with Gasteiger partial charge in [-0.2, -0.15) is 0 Å². The third kappa shape index (κ3) is 16.0. The number of aromatic nitrogens is 2. The maximum atomic E-state index is 14.8. The summed E-state index contributed by atoms with van der Waals surface area (Å²) in [5.41, 5.74) is 1.41. The molecule has 2 bridgehead atoms. The van der Waals surface area contributed by atoms with Crippen LogP contribution in [0.25, 0.3) is 17.0 Å². The number of halogens is 1. The number of aromatic amines is 1. The van der Waals surface area contributed by atoms with Crippen LogP contribution in [-0.2, 0) is 49.6 Å². The van der Waals surface area contributed by atoms with Crippen molar-refractivity contribution in [2.24, 2.45) is 17.8 Å². The van der Waals surface area contributed by atoms with Gasteiger partial charge in [-0.1, -0.05) is 67.7 Å². The van der Waals surface area contributed by atoms with Crippen molar-refractivity contribution in [2.45, 2.75) is 168 Å². The van der Waals surface area contributed by atoms with E-state index in [-0.39, 0.29) is 80.8 Å². The molecule has 0 saturated carbocycles. The molecule has 3 aromatic rings. The van der Waals surface area contributed by atoms with Crippen LogP contribution in [0.2, 0.25) is 0 Å². The van der Waals surface area contributed by atoms with Crippen LogP contribution in [0.3, 0.4) is 0 Å². The molecule has 5 rings (SSSR count). The molecule has 0 radical (unpaired) electrons. The van der Waals surface area contributed by atoms with Crippen LogP contribution in [0.1, 0.15) is 136 Å². The monoisotopic (exact) mass is 1120 g/mol. The number of Topliss-reactive ketones (excluding diaryl/α,β-unsaturated/α-hetero) is 1. The molecule has 2 aromatic heterocycles. The van der Waals surface area contributed by atoms with E-state index in [2.05, 4.69) is 63.1 Å². The van der Waals surface area contributed by atoms with Gasteiger partial charge in [0.05, 0.1) is 10.6 Å². The van der Waals surface area contributed by atoms with E-state index in [9.17, 15) is 53.4 Å². The minimum atomic E-state index is -1.37. The number of carbonyl (C=O) groups is 9. The first kappa shape index (κ1) is 60.2. The number of rotatable bonds is 16. The molecule has 0 spiro atoms. The molecular formula is C53H75BrN10O12. The Hall–Kier alpha value is -6.62. The molecule has 10 atom stereocenters. The first-order valence-electron chi connectivity index (χ1n) is 26.3. The number of hydrogen-bond donors (Lipinski definition) is 10. The van der Waals surface area contributed by atoms with E-state index in [4.69, 9.17) is 4.42 Å². The minimum Gasteiger partial charge on any atom is -0.508 e. The average molecular weight is 1120 g/mol. The summed E-state index contributed by atoms with van der Waals surface area (Å²) in [7, 11) is 0. The predicted octanol–water partition coefficient (Wildman–Crippen LogP) is 3.25. The largest absolute Gasteiger partial charge is 0.508 e. The molecule has 8 amide bonds. The second kappa shape index (κ2) is 28.0. The van der Waals surface area contributed by atoms with Crippen LogP contribution in [0.15, 0.2) is 39.6 Å². The smallest absolute Gasteiger partial charge is 0.290 e. The van der Waals surface area contributed by atoms with E-state index in [0.29, 0.717) is 46.8 Å². The van der Waals surface area contributed by atoms with Gasteiger partial charge in [-0.05, 0) is 109 Å². The van der Waals surface area contributed by atoms with Crippen molar-refractivity contribution in [1.82, 2.24) is 52.1 Å². The molecule has 23 heteroatoms. The summed E-state index contributed by atoms with van der Waals surface area (Å²) in [6.45, 7) is 14.1. The Morgan fingerprint density at radius 1 is 0.882 bits per heavy atom. The van der Waals surface area contributed by atoms with Crippen molar-refractivity contribution >= 4 is 85.9 Å². The summed E-state index contributed by atoms with van der Waals surface area (Å²) in [5, 5.41) is 40.7. The predicted molar refractivity (Wildman–Crippen MR) is 284 cm³/mol. The van der Waals surface area contributed by atoms with Gasteiger partial charge in [0.2, 0.25) is 53.0 Å². The highest BCUT2D eigenvalue weighted by Gasteiger charge is 2.41. The Morgan fingerprint density at radius 2 is 1.61 bits per heavy atom. The van der Waals surface area contributed by atoms with E-state index in [1.807, 2.05) is 27.7 Å². The molecule has 22 nitrogen and oxygen atoms in total. The number of amides is 8. The second-order valence-corrected chi connectivity index (χ2v) is 21.1. The number of H-pyrrole nitrogens is 1. The Morgan fingerprint density at radius 3 is 2.29 bits per heavy atom. The second-order valence-electron chi connectivity index (χ2n) is 20.3. The molecule has 76 heavy (non-hydrogen) atoms.